The predicted octanol–water partition coefficient (Wildman–Crippen LogP) is 2.57. The van der Waals surface area contributed by atoms with Crippen molar-refractivity contribution in [3.63, 3.8) is 0 Å². The van der Waals surface area contributed by atoms with E-state index in [1.54, 1.807) is 0 Å². The lowest BCUT2D eigenvalue weighted by atomic mass is 10.1. The van der Waals surface area contributed by atoms with Gasteiger partial charge >= 0.3 is 0 Å². The second kappa shape index (κ2) is 8.03. The van der Waals surface area contributed by atoms with Gasteiger partial charge in [0.1, 0.15) is 0 Å². The molecule has 1 saturated heterocycles. The summed E-state index contributed by atoms with van der Waals surface area (Å²) in [5.74, 6) is 0.991. The molecule has 0 saturated carbocycles. The molecule has 4 nitrogen and oxygen atoms in total. The van der Waals surface area contributed by atoms with Gasteiger partial charge in [0, 0.05) is 33.3 Å². The van der Waals surface area contributed by atoms with Gasteiger partial charge in [-0.05, 0) is 32.3 Å². The van der Waals surface area contributed by atoms with Crippen LogP contribution in [0.15, 0.2) is 29.3 Å². The smallest absolute Gasteiger partial charge is 0.193 e. The average molecular weight is 289 g/mol. The Balaban J connectivity index is 1.82. The predicted molar refractivity (Wildman–Crippen MR) is 87.6 cm³/mol. The quantitative estimate of drug-likeness (QED) is 0.684. The van der Waals surface area contributed by atoms with Gasteiger partial charge in [0.2, 0.25) is 0 Å². The van der Waals surface area contributed by atoms with Crippen LogP contribution in [0.2, 0.25) is 0 Å². The molecule has 1 aromatic carbocycles. The van der Waals surface area contributed by atoms with Crippen LogP contribution in [0.25, 0.3) is 0 Å². The lowest BCUT2D eigenvalue weighted by Crippen LogP contribution is -2.46. The van der Waals surface area contributed by atoms with Gasteiger partial charge in [-0.3, -0.25) is 4.99 Å². The Morgan fingerprint density at radius 3 is 2.52 bits per heavy atom. The SMILES string of the molecule is CCOC1CCN(C(=NC)NCc2ccc(C)cc2)CC1. The highest BCUT2D eigenvalue weighted by atomic mass is 16.5. The highest BCUT2D eigenvalue weighted by Crippen LogP contribution is 2.14. The molecule has 0 bridgehead atoms. The number of rotatable bonds is 4. The highest BCUT2D eigenvalue weighted by Gasteiger charge is 2.21. The molecule has 0 atom stereocenters. The van der Waals surface area contributed by atoms with Crippen LogP contribution in [-0.4, -0.2) is 43.7 Å². The molecular formula is C17H27N3O. The molecule has 0 aromatic heterocycles. The number of piperidine rings is 1. The molecule has 1 heterocycles. The van der Waals surface area contributed by atoms with Crippen LogP contribution in [0.1, 0.15) is 30.9 Å². The summed E-state index contributed by atoms with van der Waals surface area (Å²) in [7, 11) is 1.85. The van der Waals surface area contributed by atoms with Gasteiger partial charge in [-0.15, -0.1) is 0 Å². The number of ether oxygens (including phenoxy) is 1. The lowest BCUT2D eigenvalue weighted by Gasteiger charge is -2.34. The molecule has 116 valence electrons. The molecule has 1 N–H and O–H groups in total. The van der Waals surface area contributed by atoms with Crippen molar-refractivity contribution in [2.75, 3.05) is 26.7 Å². The first-order valence-corrected chi connectivity index (χ1v) is 7.85. The number of nitrogens with zero attached hydrogens (tertiary/aromatic N) is 2. The van der Waals surface area contributed by atoms with Gasteiger partial charge in [0.25, 0.3) is 0 Å². The molecule has 4 heteroatoms. The molecule has 0 unspecified atom stereocenters. The van der Waals surface area contributed by atoms with Gasteiger partial charge in [-0.25, -0.2) is 0 Å². The Kier molecular flexibility index (Phi) is 6.05. The summed E-state index contributed by atoms with van der Waals surface area (Å²) in [5.41, 5.74) is 2.58. The van der Waals surface area contributed by atoms with Crippen LogP contribution in [0.5, 0.6) is 0 Å². The largest absolute Gasteiger partial charge is 0.378 e. The lowest BCUT2D eigenvalue weighted by molar-refractivity contribution is 0.0263. The second-order valence-electron chi connectivity index (χ2n) is 5.53. The maximum atomic E-state index is 5.70. The fourth-order valence-electron chi connectivity index (χ4n) is 2.69. The summed E-state index contributed by atoms with van der Waals surface area (Å²) in [6.45, 7) is 7.83. The Bertz CT molecular complexity index is 448. The average Bonchev–Trinajstić information content (AvgIpc) is 2.51. The number of hydrogen-bond acceptors (Lipinski definition) is 2. The topological polar surface area (TPSA) is 36.9 Å². The van der Waals surface area contributed by atoms with Crippen LogP contribution in [0.4, 0.5) is 0 Å². The molecular weight excluding hydrogens is 262 g/mol. The van der Waals surface area contributed by atoms with E-state index >= 15 is 0 Å². The minimum absolute atomic E-state index is 0.418. The molecule has 2 rings (SSSR count). The fourth-order valence-corrected chi connectivity index (χ4v) is 2.69. The number of hydrogen-bond donors (Lipinski definition) is 1. The minimum Gasteiger partial charge on any atom is -0.378 e. The number of likely N-dealkylation sites (tertiary alicyclic amines) is 1. The van der Waals surface area contributed by atoms with Gasteiger partial charge < -0.3 is 15.0 Å². The van der Waals surface area contributed by atoms with E-state index in [1.807, 2.05) is 7.05 Å². The summed E-state index contributed by atoms with van der Waals surface area (Å²) in [6.07, 6.45) is 2.58. The van der Waals surface area contributed by atoms with E-state index in [0.29, 0.717) is 6.10 Å². The van der Waals surface area contributed by atoms with Crippen molar-refractivity contribution in [1.82, 2.24) is 10.2 Å². The zero-order chi connectivity index (χ0) is 15.1. The summed E-state index contributed by atoms with van der Waals surface area (Å²) in [6, 6.07) is 8.62. The Morgan fingerprint density at radius 1 is 1.29 bits per heavy atom. The van der Waals surface area contributed by atoms with Crippen molar-refractivity contribution in [2.24, 2.45) is 4.99 Å². The molecule has 0 spiro atoms. The van der Waals surface area contributed by atoms with Crippen molar-refractivity contribution in [2.45, 2.75) is 39.3 Å². The summed E-state index contributed by atoms with van der Waals surface area (Å²) in [5, 5.41) is 3.46. The van der Waals surface area contributed by atoms with Crippen LogP contribution in [0.3, 0.4) is 0 Å². The number of guanidine groups is 1. The molecule has 1 aromatic rings. The van der Waals surface area contributed by atoms with E-state index in [4.69, 9.17) is 4.74 Å². The summed E-state index contributed by atoms with van der Waals surface area (Å²) in [4.78, 5) is 6.73. The van der Waals surface area contributed by atoms with Crippen LogP contribution < -0.4 is 5.32 Å². The van der Waals surface area contributed by atoms with Gasteiger partial charge in [0.15, 0.2) is 5.96 Å². The summed E-state index contributed by atoms with van der Waals surface area (Å²) >= 11 is 0. The summed E-state index contributed by atoms with van der Waals surface area (Å²) < 4.78 is 5.70. The van der Waals surface area contributed by atoms with E-state index in [-0.39, 0.29) is 0 Å². The highest BCUT2D eigenvalue weighted by molar-refractivity contribution is 5.79. The zero-order valence-corrected chi connectivity index (χ0v) is 13.4. The zero-order valence-electron chi connectivity index (χ0n) is 13.4. The maximum absolute atomic E-state index is 5.70. The van der Waals surface area contributed by atoms with Crippen molar-refractivity contribution >= 4 is 5.96 Å². The van der Waals surface area contributed by atoms with E-state index in [1.165, 1.54) is 11.1 Å². The molecule has 1 aliphatic rings. The number of benzene rings is 1. The van der Waals surface area contributed by atoms with Gasteiger partial charge in [-0.1, -0.05) is 29.8 Å². The molecule has 1 fully saturated rings. The van der Waals surface area contributed by atoms with E-state index < -0.39 is 0 Å². The molecule has 1 aliphatic heterocycles. The Morgan fingerprint density at radius 2 is 1.95 bits per heavy atom. The third-order valence-electron chi connectivity index (χ3n) is 3.93. The fraction of sp³-hybridized carbons (Fsp3) is 0.588. The third kappa shape index (κ3) is 4.74. The molecule has 0 amide bonds. The Hall–Kier alpha value is -1.55. The maximum Gasteiger partial charge on any atom is 0.193 e. The standard InChI is InChI=1S/C17H27N3O/c1-4-21-16-9-11-20(12-10-16)17(18-3)19-13-15-7-5-14(2)6-8-15/h5-8,16H,4,9-13H2,1-3H3,(H,18,19). The van der Waals surface area contributed by atoms with Crippen molar-refractivity contribution in [3.8, 4) is 0 Å². The number of nitrogens with one attached hydrogen (secondary N) is 1. The van der Waals surface area contributed by atoms with Crippen LogP contribution >= 0.6 is 0 Å². The third-order valence-corrected chi connectivity index (χ3v) is 3.93. The molecule has 21 heavy (non-hydrogen) atoms. The second-order valence-corrected chi connectivity index (χ2v) is 5.53. The minimum atomic E-state index is 0.418. The van der Waals surface area contributed by atoms with Crippen molar-refractivity contribution < 1.29 is 4.74 Å². The normalized spacial score (nSPS) is 17.1. The van der Waals surface area contributed by atoms with E-state index in [0.717, 1.165) is 45.0 Å². The van der Waals surface area contributed by atoms with Crippen LogP contribution in [0, 0.1) is 6.92 Å². The Labute approximate surface area is 128 Å². The molecule has 0 aliphatic carbocycles. The van der Waals surface area contributed by atoms with Gasteiger partial charge in [0.05, 0.1) is 6.10 Å². The monoisotopic (exact) mass is 289 g/mol. The number of aryl methyl sites for hydroxylation is 1. The van der Waals surface area contributed by atoms with Crippen LogP contribution in [-0.2, 0) is 11.3 Å². The van der Waals surface area contributed by atoms with E-state index in [9.17, 15) is 0 Å². The van der Waals surface area contributed by atoms with Crippen molar-refractivity contribution in [1.29, 1.82) is 0 Å². The van der Waals surface area contributed by atoms with Gasteiger partial charge in [-0.2, -0.15) is 0 Å². The first-order valence-electron chi connectivity index (χ1n) is 7.85. The first-order chi connectivity index (χ1) is 10.2. The molecule has 0 radical (unpaired) electrons. The van der Waals surface area contributed by atoms with Crippen molar-refractivity contribution in [3.05, 3.63) is 35.4 Å². The first kappa shape index (κ1) is 15.8. The number of aliphatic imine (C=N–C) groups is 1. The van der Waals surface area contributed by atoms with E-state index in [2.05, 4.69) is 53.3 Å².